The Morgan fingerprint density at radius 2 is 2.06 bits per heavy atom. The number of rotatable bonds is 4. The molecule has 3 N–H and O–H groups in total. The van der Waals surface area contributed by atoms with Crippen LogP contribution in [0.2, 0.25) is 0 Å². The van der Waals surface area contributed by atoms with E-state index in [9.17, 15) is 14.7 Å². The zero-order valence-corrected chi connectivity index (χ0v) is 8.86. The molecule has 0 spiro atoms. The van der Waals surface area contributed by atoms with Gasteiger partial charge in [0.1, 0.15) is 5.75 Å². The Bertz CT molecular complexity index is 414. The van der Waals surface area contributed by atoms with Crippen molar-refractivity contribution in [3.63, 3.8) is 0 Å². The summed E-state index contributed by atoms with van der Waals surface area (Å²) >= 11 is 0. The lowest BCUT2D eigenvalue weighted by Gasteiger charge is -2.10. The SMILES string of the molecule is CC(=O)Nc1c(O)cccc1C(=O)CCO. The average Bonchev–Trinajstić information content (AvgIpc) is 2.20. The fourth-order valence-electron chi connectivity index (χ4n) is 1.32. The summed E-state index contributed by atoms with van der Waals surface area (Å²) in [7, 11) is 0. The molecule has 0 unspecified atom stereocenters. The third-order valence-electron chi connectivity index (χ3n) is 1.98. The van der Waals surface area contributed by atoms with Crippen molar-refractivity contribution in [2.24, 2.45) is 0 Å². The molecule has 5 nitrogen and oxygen atoms in total. The first-order valence-corrected chi connectivity index (χ1v) is 4.80. The summed E-state index contributed by atoms with van der Waals surface area (Å²) in [6, 6.07) is 4.37. The van der Waals surface area contributed by atoms with Crippen LogP contribution in [-0.4, -0.2) is 28.5 Å². The minimum absolute atomic E-state index is 0.0456. The molecule has 0 saturated heterocycles. The fourth-order valence-corrected chi connectivity index (χ4v) is 1.32. The molecule has 0 atom stereocenters. The molecule has 0 aliphatic heterocycles. The van der Waals surface area contributed by atoms with Crippen molar-refractivity contribution in [3.8, 4) is 5.75 Å². The van der Waals surface area contributed by atoms with Crippen molar-refractivity contribution in [2.75, 3.05) is 11.9 Å². The highest BCUT2D eigenvalue weighted by Gasteiger charge is 2.14. The van der Waals surface area contributed by atoms with Gasteiger partial charge in [-0.1, -0.05) is 6.07 Å². The van der Waals surface area contributed by atoms with Gasteiger partial charge in [-0.15, -0.1) is 0 Å². The zero-order valence-electron chi connectivity index (χ0n) is 8.86. The molecule has 0 aliphatic carbocycles. The Morgan fingerprint density at radius 1 is 1.38 bits per heavy atom. The van der Waals surface area contributed by atoms with E-state index in [1.165, 1.54) is 25.1 Å². The van der Waals surface area contributed by atoms with Gasteiger partial charge in [-0.2, -0.15) is 0 Å². The highest BCUT2D eigenvalue weighted by Crippen LogP contribution is 2.28. The minimum Gasteiger partial charge on any atom is -0.506 e. The van der Waals surface area contributed by atoms with E-state index in [0.717, 1.165) is 0 Å². The number of ketones is 1. The second kappa shape index (κ2) is 5.27. The number of Topliss-reactive ketones (excluding diaryl/α,β-unsaturated/α-hetero) is 1. The van der Waals surface area contributed by atoms with Crippen LogP contribution in [0.4, 0.5) is 5.69 Å². The molecular weight excluding hydrogens is 210 g/mol. The number of amides is 1. The number of aromatic hydroxyl groups is 1. The first kappa shape index (κ1) is 12.2. The number of carbonyl (C=O) groups excluding carboxylic acids is 2. The van der Waals surface area contributed by atoms with Gasteiger partial charge in [-0.05, 0) is 12.1 Å². The monoisotopic (exact) mass is 223 g/mol. The normalized spacial score (nSPS) is 9.88. The highest BCUT2D eigenvalue weighted by molar-refractivity contribution is 6.05. The van der Waals surface area contributed by atoms with Crippen LogP contribution in [0.15, 0.2) is 18.2 Å². The number of para-hydroxylation sites is 1. The molecule has 1 aromatic carbocycles. The number of benzene rings is 1. The smallest absolute Gasteiger partial charge is 0.221 e. The third kappa shape index (κ3) is 2.80. The first-order chi connectivity index (χ1) is 7.56. The molecule has 16 heavy (non-hydrogen) atoms. The average molecular weight is 223 g/mol. The van der Waals surface area contributed by atoms with Crippen LogP contribution < -0.4 is 5.32 Å². The van der Waals surface area contributed by atoms with Crippen molar-refractivity contribution in [3.05, 3.63) is 23.8 Å². The number of anilines is 1. The molecule has 0 bridgehead atoms. The van der Waals surface area contributed by atoms with Crippen LogP contribution in [0, 0.1) is 0 Å². The van der Waals surface area contributed by atoms with Crippen LogP contribution in [0.3, 0.4) is 0 Å². The largest absolute Gasteiger partial charge is 0.506 e. The standard InChI is InChI=1S/C11H13NO4/c1-7(14)12-11-8(9(15)5-6-13)3-2-4-10(11)16/h2-4,13,16H,5-6H2,1H3,(H,12,14). The second-order valence-electron chi connectivity index (χ2n) is 3.28. The van der Waals surface area contributed by atoms with Gasteiger partial charge < -0.3 is 15.5 Å². The molecule has 5 heteroatoms. The Balaban J connectivity index is 3.11. The molecule has 0 saturated carbocycles. The molecule has 1 amide bonds. The van der Waals surface area contributed by atoms with E-state index in [-0.39, 0.29) is 41.7 Å². The number of hydrogen-bond donors (Lipinski definition) is 3. The maximum Gasteiger partial charge on any atom is 0.221 e. The number of aliphatic hydroxyl groups excluding tert-OH is 1. The lowest BCUT2D eigenvalue weighted by molar-refractivity contribution is -0.114. The Labute approximate surface area is 92.7 Å². The Morgan fingerprint density at radius 3 is 2.62 bits per heavy atom. The number of phenols is 1. The van der Waals surface area contributed by atoms with Crippen LogP contribution in [0.1, 0.15) is 23.7 Å². The molecular formula is C11H13NO4. The molecule has 1 rings (SSSR count). The summed E-state index contributed by atoms with van der Waals surface area (Å²) in [5, 5.41) is 20.6. The van der Waals surface area contributed by atoms with Gasteiger partial charge in [0.2, 0.25) is 5.91 Å². The topological polar surface area (TPSA) is 86.6 Å². The second-order valence-corrected chi connectivity index (χ2v) is 3.28. The Hall–Kier alpha value is -1.88. The fraction of sp³-hybridized carbons (Fsp3) is 0.273. The number of carbonyl (C=O) groups is 2. The minimum atomic E-state index is -0.375. The van der Waals surface area contributed by atoms with E-state index in [4.69, 9.17) is 5.11 Å². The van der Waals surface area contributed by atoms with Crippen molar-refractivity contribution >= 4 is 17.4 Å². The third-order valence-corrected chi connectivity index (χ3v) is 1.98. The molecule has 1 aromatic rings. The van der Waals surface area contributed by atoms with E-state index in [2.05, 4.69) is 5.32 Å². The van der Waals surface area contributed by atoms with E-state index in [0.29, 0.717) is 0 Å². The predicted octanol–water partition coefficient (Wildman–Crippen LogP) is 0.916. The van der Waals surface area contributed by atoms with Crippen molar-refractivity contribution in [2.45, 2.75) is 13.3 Å². The maximum atomic E-state index is 11.6. The van der Waals surface area contributed by atoms with Gasteiger partial charge in [0, 0.05) is 18.9 Å². The summed E-state index contributed by atoms with van der Waals surface area (Å²) in [5.74, 6) is -0.874. The lowest BCUT2D eigenvalue weighted by atomic mass is 10.1. The number of phenolic OH excluding ortho intramolecular Hbond substituents is 1. The van der Waals surface area contributed by atoms with Crippen LogP contribution in [0.5, 0.6) is 5.75 Å². The van der Waals surface area contributed by atoms with Gasteiger partial charge in [-0.3, -0.25) is 9.59 Å². The zero-order chi connectivity index (χ0) is 12.1. The summed E-state index contributed by atoms with van der Waals surface area (Å²) in [6.07, 6.45) is -0.0456. The van der Waals surface area contributed by atoms with Gasteiger partial charge >= 0.3 is 0 Å². The van der Waals surface area contributed by atoms with Gasteiger partial charge in [0.25, 0.3) is 0 Å². The molecule has 0 aromatic heterocycles. The van der Waals surface area contributed by atoms with Gasteiger partial charge in [0.15, 0.2) is 5.78 Å². The van der Waals surface area contributed by atoms with E-state index >= 15 is 0 Å². The Kier molecular flexibility index (Phi) is 4.02. The maximum absolute atomic E-state index is 11.6. The van der Waals surface area contributed by atoms with E-state index < -0.39 is 0 Å². The summed E-state index contributed by atoms with van der Waals surface area (Å²) in [4.78, 5) is 22.5. The first-order valence-electron chi connectivity index (χ1n) is 4.80. The molecule has 0 heterocycles. The van der Waals surface area contributed by atoms with Crippen molar-refractivity contribution in [1.29, 1.82) is 0 Å². The van der Waals surface area contributed by atoms with Gasteiger partial charge in [0.05, 0.1) is 12.3 Å². The predicted molar refractivity (Wildman–Crippen MR) is 58.4 cm³/mol. The van der Waals surface area contributed by atoms with Crippen LogP contribution in [0.25, 0.3) is 0 Å². The lowest BCUT2D eigenvalue weighted by Crippen LogP contribution is -2.12. The quantitative estimate of drug-likeness (QED) is 0.523. The van der Waals surface area contributed by atoms with Crippen LogP contribution in [-0.2, 0) is 4.79 Å². The molecule has 0 fully saturated rings. The summed E-state index contributed by atoms with van der Waals surface area (Å²) in [5.41, 5.74) is 0.290. The molecule has 0 radical (unpaired) electrons. The van der Waals surface area contributed by atoms with E-state index in [1.807, 2.05) is 0 Å². The molecule has 0 aliphatic rings. The number of hydrogen-bond acceptors (Lipinski definition) is 4. The number of aliphatic hydroxyl groups is 1. The molecule has 86 valence electrons. The van der Waals surface area contributed by atoms with E-state index in [1.54, 1.807) is 0 Å². The summed E-state index contributed by atoms with van der Waals surface area (Å²) < 4.78 is 0. The van der Waals surface area contributed by atoms with Crippen LogP contribution >= 0.6 is 0 Å². The van der Waals surface area contributed by atoms with Gasteiger partial charge in [-0.25, -0.2) is 0 Å². The number of nitrogens with one attached hydrogen (secondary N) is 1. The van der Waals surface area contributed by atoms with Crippen molar-refractivity contribution < 1.29 is 19.8 Å². The highest BCUT2D eigenvalue weighted by atomic mass is 16.3. The van der Waals surface area contributed by atoms with Crippen molar-refractivity contribution in [1.82, 2.24) is 0 Å². The summed E-state index contributed by atoms with van der Waals surface area (Å²) in [6.45, 7) is 1.01.